The Labute approximate surface area is 343 Å². The van der Waals surface area contributed by atoms with Crippen molar-refractivity contribution in [1.29, 1.82) is 0 Å². The number of amides is 1. The van der Waals surface area contributed by atoms with Crippen LogP contribution < -0.4 is 5.32 Å². The number of nitrogens with one attached hydrogen (secondary N) is 1. The van der Waals surface area contributed by atoms with E-state index in [9.17, 15) is 39.6 Å². The first-order valence-corrected chi connectivity index (χ1v) is 19.7. The lowest BCUT2D eigenvalue weighted by atomic mass is 9.42. The lowest BCUT2D eigenvalue weighted by Crippen LogP contribution is -2.85. The Hall–Kier alpha value is -4.67. The number of ether oxygens (including phenoxy) is 5. The summed E-state index contributed by atoms with van der Waals surface area (Å²) >= 11 is 0. The summed E-state index contributed by atoms with van der Waals surface area (Å²) < 4.78 is 29.9. The van der Waals surface area contributed by atoms with Gasteiger partial charge in [0, 0.05) is 25.2 Å². The second-order valence-electron chi connectivity index (χ2n) is 18.2. The number of hydrogen-bond acceptors (Lipinski definition) is 14. The minimum atomic E-state index is -2.37. The zero-order valence-electron chi connectivity index (χ0n) is 34.8. The average Bonchev–Trinajstić information content (AvgIpc) is 3.15. The third-order valence-electron chi connectivity index (χ3n) is 13.1. The number of benzene rings is 2. The summed E-state index contributed by atoms with van der Waals surface area (Å²) in [7, 11) is 0. The predicted molar refractivity (Wildman–Crippen MR) is 208 cm³/mol. The minimum Gasteiger partial charge on any atom is -0.456 e. The SMILES string of the molecule is CC(=O)O[C@@]12CO[C@]1(C)C[C@H](O)[C@@]1(C)C(=O)[C@H](O)C3=C(C)[C@@H](OC(=O)[C@H](O)[C@@H](NC(=O)OC(C)(C)C)c4ccccc4)C[C@@](O)([C@@H](OC(=O)c4ccccc4)[C@@H]12)C3(C)C. The highest BCUT2D eigenvalue weighted by Crippen LogP contribution is 2.66. The molecule has 15 heteroatoms. The fourth-order valence-electron chi connectivity index (χ4n) is 9.88. The van der Waals surface area contributed by atoms with Gasteiger partial charge in [-0.2, -0.15) is 0 Å². The number of hydrogen-bond donors (Lipinski definition) is 5. The van der Waals surface area contributed by atoms with E-state index in [-0.39, 0.29) is 29.7 Å². The van der Waals surface area contributed by atoms with Crippen molar-refractivity contribution >= 4 is 29.8 Å². The summed E-state index contributed by atoms with van der Waals surface area (Å²) in [4.78, 5) is 69.3. The van der Waals surface area contributed by atoms with E-state index in [2.05, 4.69) is 5.32 Å². The first-order chi connectivity index (χ1) is 27.3. The van der Waals surface area contributed by atoms with Gasteiger partial charge in [0.25, 0.3) is 0 Å². The summed E-state index contributed by atoms with van der Waals surface area (Å²) in [5, 5.41) is 51.9. The smallest absolute Gasteiger partial charge is 0.408 e. The second kappa shape index (κ2) is 15.1. The number of Topliss-reactive ketones (excluding diaryl/α,β-unsaturated/α-hetero) is 1. The standard InChI is InChI=1S/C44H55NO14/c1-23-27(56-37(52)32(49)30(25-16-12-10-13-17-25)45-38(53)59-39(3,4)5)20-43(54)35(57-36(51)26-18-14-11-15-19-26)33-42(9,34(50)31(48)29(23)40(43,6)7)28(47)21-41(8)44(33,22-55-41)58-24(2)46/h10-19,27-28,30-33,35,47-49,54H,20-22H2,1-9H3,(H,45,53)/t27-,28-,30-,31+,32+,33-,35-,41+,42+,43+,44+/m0/s1. The number of carbonyl (C=O) groups is 5. The largest absolute Gasteiger partial charge is 0.456 e. The molecule has 11 atom stereocenters. The molecule has 5 N–H and O–H groups in total. The van der Waals surface area contributed by atoms with Gasteiger partial charge >= 0.3 is 24.0 Å². The van der Waals surface area contributed by atoms with Crippen molar-refractivity contribution in [3.63, 3.8) is 0 Å². The maximum atomic E-state index is 15.0. The molecule has 3 aliphatic carbocycles. The molecular weight excluding hydrogens is 766 g/mol. The summed E-state index contributed by atoms with van der Waals surface area (Å²) in [5.74, 6) is -5.42. The van der Waals surface area contributed by atoms with Gasteiger partial charge in [0.1, 0.15) is 35.1 Å². The molecule has 0 spiro atoms. The van der Waals surface area contributed by atoms with Gasteiger partial charge in [0.2, 0.25) is 0 Å². The van der Waals surface area contributed by atoms with Crippen molar-refractivity contribution in [3.8, 4) is 0 Å². The zero-order valence-corrected chi connectivity index (χ0v) is 34.8. The minimum absolute atomic E-state index is 0.0672. The van der Waals surface area contributed by atoms with Crippen LogP contribution in [0.4, 0.5) is 4.79 Å². The number of ketones is 1. The number of aliphatic hydroxyl groups is 4. The Kier molecular flexibility index (Phi) is 11.2. The molecule has 320 valence electrons. The van der Waals surface area contributed by atoms with E-state index < -0.39 is 112 Å². The Morgan fingerprint density at radius 3 is 2.05 bits per heavy atom. The predicted octanol–water partition coefficient (Wildman–Crippen LogP) is 3.65. The Bertz CT molecular complexity index is 2030. The topological polar surface area (TPSA) is 224 Å². The number of alkyl carbamates (subject to hydrolysis) is 1. The first-order valence-electron chi connectivity index (χ1n) is 19.7. The van der Waals surface area contributed by atoms with Crippen molar-refractivity contribution in [2.45, 2.75) is 134 Å². The molecule has 3 fully saturated rings. The monoisotopic (exact) mass is 821 g/mol. The highest BCUT2D eigenvalue weighted by atomic mass is 16.6. The quantitative estimate of drug-likeness (QED) is 0.146. The second-order valence-corrected chi connectivity index (χ2v) is 18.2. The van der Waals surface area contributed by atoms with E-state index >= 15 is 4.79 Å². The van der Waals surface area contributed by atoms with E-state index in [0.29, 0.717) is 5.56 Å². The fourth-order valence-corrected chi connectivity index (χ4v) is 9.88. The third kappa shape index (κ3) is 7.14. The van der Waals surface area contributed by atoms with Gasteiger partial charge < -0.3 is 49.4 Å². The molecule has 1 amide bonds. The molecule has 1 aliphatic heterocycles. The van der Waals surface area contributed by atoms with Crippen LogP contribution in [-0.2, 0) is 38.1 Å². The molecule has 0 radical (unpaired) electrons. The summed E-state index contributed by atoms with van der Waals surface area (Å²) in [6.45, 7) is 13.4. The molecule has 2 aromatic rings. The number of carbonyl (C=O) groups excluding carboxylic acids is 5. The van der Waals surface area contributed by atoms with E-state index in [1.165, 1.54) is 26.0 Å². The summed E-state index contributed by atoms with van der Waals surface area (Å²) in [5.41, 5.74) is -9.71. The molecule has 1 saturated heterocycles. The molecule has 1 heterocycles. The van der Waals surface area contributed by atoms with Gasteiger partial charge in [0.15, 0.2) is 17.5 Å². The van der Waals surface area contributed by atoms with Crippen molar-refractivity contribution in [2.75, 3.05) is 6.61 Å². The van der Waals surface area contributed by atoms with Crippen molar-refractivity contribution in [2.24, 2.45) is 16.7 Å². The van der Waals surface area contributed by atoms with Crippen LogP contribution >= 0.6 is 0 Å². The van der Waals surface area contributed by atoms with Crippen molar-refractivity contribution in [3.05, 3.63) is 82.9 Å². The molecule has 0 unspecified atom stereocenters. The first kappa shape index (κ1) is 43.9. The van der Waals surface area contributed by atoms with Crippen LogP contribution in [0.2, 0.25) is 0 Å². The molecular formula is C44H55NO14. The van der Waals surface area contributed by atoms with Crippen LogP contribution in [-0.4, -0.2) is 110 Å². The summed E-state index contributed by atoms with van der Waals surface area (Å²) in [6.07, 6.45) is -10.6. The number of fused-ring (bicyclic) bond motifs is 5. The van der Waals surface area contributed by atoms with Crippen LogP contribution in [0.25, 0.3) is 0 Å². The van der Waals surface area contributed by atoms with Crippen molar-refractivity contribution in [1.82, 2.24) is 5.32 Å². The zero-order chi connectivity index (χ0) is 43.7. The van der Waals surface area contributed by atoms with Gasteiger partial charge in [-0.15, -0.1) is 0 Å². The molecule has 2 bridgehead atoms. The van der Waals surface area contributed by atoms with E-state index in [0.717, 1.165) is 6.92 Å². The van der Waals surface area contributed by atoms with Crippen LogP contribution in [0.1, 0.15) is 97.1 Å². The number of aliphatic hydroxyl groups excluding tert-OH is 3. The molecule has 6 rings (SSSR count). The number of esters is 3. The van der Waals surface area contributed by atoms with Gasteiger partial charge in [-0.25, -0.2) is 14.4 Å². The van der Waals surface area contributed by atoms with Gasteiger partial charge in [-0.1, -0.05) is 62.4 Å². The lowest BCUT2D eigenvalue weighted by molar-refractivity contribution is -0.383. The third-order valence-corrected chi connectivity index (χ3v) is 13.1. The fraction of sp³-hybridized carbons (Fsp3) is 0.568. The molecule has 4 aliphatic rings. The van der Waals surface area contributed by atoms with Crippen LogP contribution in [0, 0.1) is 16.7 Å². The highest BCUT2D eigenvalue weighted by molar-refractivity contribution is 5.94. The molecule has 59 heavy (non-hydrogen) atoms. The molecule has 0 aromatic heterocycles. The number of rotatable bonds is 8. The molecule has 2 aromatic carbocycles. The Morgan fingerprint density at radius 1 is 0.915 bits per heavy atom. The van der Waals surface area contributed by atoms with Crippen LogP contribution in [0.5, 0.6) is 0 Å². The Morgan fingerprint density at radius 2 is 1.51 bits per heavy atom. The highest BCUT2D eigenvalue weighted by Gasteiger charge is 2.81. The maximum absolute atomic E-state index is 15.0. The maximum Gasteiger partial charge on any atom is 0.408 e. The molecule has 2 saturated carbocycles. The normalized spacial score (nSPS) is 34.6. The van der Waals surface area contributed by atoms with Gasteiger partial charge in [-0.3, -0.25) is 9.59 Å². The Balaban J connectivity index is 1.50. The van der Waals surface area contributed by atoms with E-state index in [4.69, 9.17) is 23.7 Å². The van der Waals surface area contributed by atoms with Crippen LogP contribution in [0.15, 0.2) is 71.8 Å². The van der Waals surface area contributed by atoms with Gasteiger partial charge in [-0.05, 0) is 70.4 Å². The summed E-state index contributed by atoms with van der Waals surface area (Å²) in [6, 6.07) is 14.6. The van der Waals surface area contributed by atoms with E-state index in [1.54, 1.807) is 90.1 Å². The average molecular weight is 822 g/mol. The van der Waals surface area contributed by atoms with Crippen LogP contribution in [0.3, 0.4) is 0 Å². The molecule has 15 nitrogen and oxygen atoms in total. The van der Waals surface area contributed by atoms with E-state index in [1.807, 2.05) is 0 Å². The van der Waals surface area contributed by atoms with Crippen molar-refractivity contribution < 1.29 is 68.1 Å². The van der Waals surface area contributed by atoms with Gasteiger partial charge in [0.05, 0.1) is 35.6 Å². The lowest BCUT2D eigenvalue weighted by Gasteiger charge is -2.70.